The highest BCUT2D eigenvalue weighted by Gasteiger charge is 2.25. The number of carboxylic acids is 1. The van der Waals surface area contributed by atoms with Crippen molar-refractivity contribution in [1.29, 1.82) is 0 Å². The summed E-state index contributed by atoms with van der Waals surface area (Å²) in [7, 11) is 1.71. The zero-order valence-corrected chi connectivity index (χ0v) is 10.5. The Morgan fingerprint density at radius 1 is 1.44 bits per heavy atom. The van der Waals surface area contributed by atoms with E-state index in [0.717, 1.165) is 0 Å². The van der Waals surface area contributed by atoms with Crippen LogP contribution < -0.4 is 4.90 Å². The Hall–Kier alpha value is -1.82. The minimum Gasteiger partial charge on any atom is -0.478 e. The molecule has 96 valence electrons. The number of pyridine rings is 1. The van der Waals surface area contributed by atoms with Gasteiger partial charge in [0, 0.05) is 20.1 Å². The number of rotatable bonds is 2. The number of aromatic carboxylic acids is 1. The highest BCUT2D eigenvalue weighted by molar-refractivity contribution is 6.29. The Kier molecular flexibility index (Phi) is 3.38. The van der Waals surface area contributed by atoms with Crippen LogP contribution in [-0.2, 0) is 4.79 Å². The highest BCUT2D eigenvalue weighted by Crippen LogP contribution is 2.22. The van der Waals surface area contributed by atoms with Gasteiger partial charge in [-0.15, -0.1) is 0 Å². The summed E-state index contributed by atoms with van der Waals surface area (Å²) in [5, 5.41) is 9.31. The van der Waals surface area contributed by atoms with Gasteiger partial charge in [0.15, 0.2) is 0 Å². The first-order valence-electron chi connectivity index (χ1n) is 5.38. The fourth-order valence-electron chi connectivity index (χ4n) is 1.77. The van der Waals surface area contributed by atoms with E-state index in [2.05, 4.69) is 4.98 Å². The van der Waals surface area contributed by atoms with Gasteiger partial charge in [-0.2, -0.15) is 0 Å². The van der Waals surface area contributed by atoms with E-state index in [-0.39, 0.29) is 29.0 Å². The number of aromatic nitrogens is 1. The van der Waals surface area contributed by atoms with Crippen molar-refractivity contribution in [3.8, 4) is 0 Å². The molecule has 0 unspecified atom stereocenters. The van der Waals surface area contributed by atoms with Crippen LogP contribution in [0, 0.1) is 0 Å². The molecule has 1 fully saturated rings. The number of carbonyl (C=O) groups is 2. The molecule has 1 amide bonds. The van der Waals surface area contributed by atoms with Crippen LogP contribution >= 0.6 is 11.6 Å². The Morgan fingerprint density at radius 3 is 2.78 bits per heavy atom. The Morgan fingerprint density at radius 2 is 2.17 bits per heavy atom. The van der Waals surface area contributed by atoms with E-state index in [9.17, 15) is 9.59 Å². The van der Waals surface area contributed by atoms with Crippen LogP contribution in [-0.4, -0.2) is 53.5 Å². The third-order valence-electron chi connectivity index (χ3n) is 2.83. The van der Waals surface area contributed by atoms with Gasteiger partial charge in [-0.3, -0.25) is 4.79 Å². The summed E-state index contributed by atoms with van der Waals surface area (Å²) in [5.74, 6) is -0.906. The fraction of sp³-hybridized carbons (Fsp3) is 0.364. The van der Waals surface area contributed by atoms with Gasteiger partial charge in [0.05, 0.1) is 6.54 Å². The molecular weight excluding hydrogens is 258 g/mol. The minimum atomic E-state index is -1.08. The Bertz CT molecular complexity index is 506. The second kappa shape index (κ2) is 4.81. The molecule has 0 radical (unpaired) electrons. The maximum absolute atomic E-state index is 11.6. The number of nitrogens with zero attached hydrogens (tertiary/aromatic N) is 3. The van der Waals surface area contributed by atoms with E-state index in [0.29, 0.717) is 13.1 Å². The predicted octanol–water partition coefficient (Wildman–Crippen LogP) is 0.712. The molecule has 18 heavy (non-hydrogen) atoms. The maximum Gasteiger partial charge on any atom is 0.339 e. The third-order valence-corrected chi connectivity index (χ3v) is 3.04. The minimum absolute atomic E-state index is 0.0525. The SMILES string of the molecule is CN1CCN(c2nc(Cl)ccc2C(=O)O)CC1=O. The van der Waals surface area contributed by atoms with Gasteiger partial charge >= 0.3 is 5.97 Å². The first-order valence-corrected chi connectivity index (χ1v) is 5.75. The normalized spacial score (nSPS) is 16.0. The number of piperazine rings is 1. The zero-order chi connectivity index (χ0) is 13.3. The summed E-state index contributed by atoms with van der Waals surface area (Å²) in [4.78, 5) is 30.0. The van der Waals surface area contributed by atoms with E-state index < -0.39 is 5.97 Å². The van der Waals surface area contributed by atoms with Crippen LogP contribution in [0.25, 0.3) is 0 Å². The molecule has 1 saturated heterocycles. The number of likely N-dealkylation sites (N-methyl/N-ethyl adjacent to an activating group) is 1. The molecule has 1 aliphatic rings. The predicted molar refractivity (Wildman–Crippen MR) is 66.1 cm³/mol. The van der Waals surface area contributed by atoms with Crippen molar-refractivity contribution in [3.05, 3.63) is 22.8 Å². The second-order valence-electron chi connectivity index (χ2n) is 4.05. The van der Waals surface area contributed by atoms with E-state index in [1.807, 2.05) is 0 Å². The molecule has 2 rings (SSSR count). The average Bonchev–Trinajstić information content (AvgIpc) is 2.32. The molecule has 1 N–H and O–H groups in total. The number of hydrogen-bond donors (Lipinski definition) is 1. The summed E-state index contributed by atoms with van der Waals surface area (Å²) < 4.78 is 0. The fourth-order valence-corrected chi connectivity index (χ4v) is 1.92. The zero-order valence-electron chi connectivity index (χ0n) is 9.76. The smallest absolute Gasteiger partial charge is 0.339 e. The lowest BCUT2D eigenvalue weighted by Crippen LogP contribution is -2.49. The van der Waals surface area contributed by atoms with Crippen LogP contribution in [0.15, 0.2) is 12.1 Å². The molecule has 6 nitrogen and oxygen atoms in total. The first kappa shape index (κ1) is 12.6. The van der Waals surface area contributed by atoms with Crippen molar-refractivity contribution in [2.24, 2.45) is 0 Å². The standard InChI is InChI=1S/C11H12ClN3O3/c1-14-4-5-15(6-9(14)16)10-7(11(17)18)2-3-8(12)13-10/h2-3H,4-6H2,1H3,(H,17,18). The molecule has 0 aromatic carbocycles. The van der Waals surface area contributed by atoms with Crippen LogP contribution in [0.5, 0.6) is 0 Å². The number of carbonyl (C=O) groups excluding carboxylic acids is 1. The van der Waals surface area contributed by atoms with Crippen LogP contribution in [0.3, 0.4) is 0 Å². The van der Waals surface area contributed by atoms with Crippen molar-refractivity contribution >= 4 is 29.3 Å². The number of carboxylic acid groups (broad SMARTS) is 1. The number of hydrogen-bond acceptors (Lipinski definition) is 4. The van der Waals surface area contributed by atoms with Gasteiger partial charge in [0.25, 0.3) is 0 Å². The van der Waals surface area contributed by atoms with E-state index in [1.165, 1.54) is 12.1 Å². The average molecular weight is 270 g/mol. The second-order valence-corrected chi connectivity index (χ2v) is 4.43. The molecule has 2 heterocycles. The molecule has 7 heteroatoms. The molecule has 0 atom stereocenters. The van der Waals surface area contributed by atoms with Crippen molar-refractivity contribution in [2.45, 2.75) is 0 Å². The topological polar surface area (TPSA) is 73.7 Å². The lowest BCUT2D eigenvalue weighted by atomic mass is 10.2. The lowest BCUT2D eigenvalue weighted by Gasteiger charge is -2.33. The van der Waals surface area contributed by atoms with Crippen LogP contribution in [0.1, 0.15) is 10.4 Å². The summed E-state index contributed by atoms with van der Waals surface area (Å²) >= 11 is 5.78. The van der Waals surface area contributed by atoms with Crippen molar-refractivity contribution in [3.63, 3.8) is 0 Å². The highest BCUT2D eigenvalue weighted by atomic mass is 35.5. The molecule has 1 aromatic rings. The van der Waals surface area contributed by atoms with Crippen molar-refractivity contribution in [1.82, 2.24) is 9.88 Å². The van der Waals surface area contributed by atoms with Crippen LogP contribution in [0.2, 0.25) is 5.15 Å². The maximum atomic E-state index is 11.6. The molecule has 1 aromatic heterocycles. The van der Waals surface area contributed by atoms with Crippen molar-refractivity contribution in [2.75, 3.05) is 31.6 Å². The van der Waals surface area contributed by atoms with E-state index >= 15 is 0 Å². The van der Waals surface area contributed by atoms with E-state index in [1.54, 1.807) is 16.8 Å². The van der Waals surface area contributed by atoms with Gasteiger partial charge in [-0.25, -0.2) is 9.78 Å². The number of amides is 1. The third kappa shape index (κ3) is 2.38. The van der Waals surface area contributed by atoms with Gasteiger partial charge in [0.2, 0.25) is 5.91 Å². The molecular formula is C11H12ClN3O3. The van der Waals surface area contributed by atoms with Crippen molar-refractivity contribution < 1.29 is 14.7 Å². The van der Waals surface area contributed by atoms with Crippen LogP contribution in [0.4, 0.5) is 5.82 Å². The summed E-state index contributed by atoms with van der Waals surface area (Å²) in [6.45, 7) is 1.19. The molecule has 0 aliphatic carbocycles. The number of anilines is 1. The summed E-state index contributed by atoms with van der Waals surface area (Å²) in [6, 6.07) is 2.82. The molecule has 0 spiro atoms. The first-order chi connectivity index (χ1) is 8.49. The Balaban J connectivity index is 2.35. The van der Waals surface area contributed by atoms with Gasteiger partial charge < -0.3 is 14.9 Å². The largest absolute Gasteiger partial charge is 0.478 e. The monoisotopic (exact) mass is 269 g/mol. The summed E-state index contributed by atoms with van der Waals surface area (Å²) in [6.07, 6.45) is 0. The molecule has 1 aliphatic heterocycles. The summed E-state index contributed by atoms with van der Waals surface area (Å²) in [5.41, 5.74) is 0.0525. The number of halogens is 1. The molecule has 0 saturated carbocycles. The van der Waals surface area contributed by atoms with Gasteiger partial charge in [0.1, 0.15) is 16.5 Å². The van der Waals surface area contributed by atoms with Gasteiger partial charge in [-0.1, -0.05) is 11.6 Å². The Labute approximate surface area is 109 Å². The lowest BCUT2D eigenvalue weighted by molar-refractivity contribution is -0.129. The quantitative estimate of drug-likeness (QED) is 0.801. The molecule has 0 bridgehead atoms. The van der Waals surface area contributed by atoms with Gasteiger partial charge in [-0.05, 0) is 12.1 Å². The van der Waals surface area contributed by atoms with E-state index in [4.69, 9.17) is 16.7 Å².